The van der Waals surface area contributed by atoms with Crippen LogP contribution in [0.1, 0.15) is 168 Å². The van der Waals surface area contributed by atoms with Crippen LogP contribution in [0.5, 0.6) is 0 Å². The molecule has 1 amide bonds. The summed E-state index contributed by atoms with van der Waals surface area (Å²) in [5.41, 5.74) is 1.36. The molecule has 0 saturated carbocycles. The average molecular weight is 728 g/mol. The monoisotopic (exact) mass is 728 g/mol. The standard InChI is InChI=1S/C41H77NO9/c1-4-6-8-10-12-13-14-15-16-18-20-24-29-35(45)40(49)42-33(31-50-41-39(48)38(47)37(46)36(30-43)51-41)34(44)28-25-21-23-27-32(3)26-22-19-17-11-9-7-5-2/h25,27-28,33-39,41,43-48H,4-24,26,29-31H2,1-3H3,(H,42,49)/b28-25+,32-27+/t33-,34+,35-,36-,37-,38+,39-,41-/m1/s1. The summed E-state index contributed by atoms with van der Waals surface area (Å²) in [7, 11) is 0. The van der Waals surface area contributed by atoms with Gasteiger partial charge in [-0.15, -0.1) is 0 Å². The lowest BCUT2D eigenvalue weighted by Gasteiger charge is -2.40. The highest BCUT2D eigenvalue weighted by atomic mass is 16.7. The Kier molecular flexibility index (Phi) is 29.0. The fourth-order valence-corrected chi connectivity index (χ4v) is 6.48. The summed E-state index contributed by atoms with van der Waals surface area (Å²) in [6.45, 7) is 5.70. The number of carbonyl (C=O) groups excluding carboxylic acids is 1. The number of carbonyl (C=O) groups is 1. The molecule has 1 rings (SSSR count). The molecule has 300 valence electrons. The molecule has 1 heterocycles. The van der Waals surface area contributed by atoms with Crippen LogP contribution in [0.3, 0.4) is 0 Å². The zero-order chi connectivity index (χ0) is 37.7. The number of allylic oxidation sites excluding steroid dienone is 3. The minimum absolute atomic E-state index is 0.306. The SMILES string of the molecule is CCCCCCCCCCCCCC[C@@H](O)C(=O)N[C@H](CO[C@@H]1O[C@H](CO)[C@@H](O)[C@H](O)[C@H]1O)[C@@H](O)/C=C/CC/C=C(\C)CCCCCCCCC. The highest BCUT2D eigenvalue weighted by molar-refractivity contribution is 5.80. The second-order valence-corrected chi connectivity index (χ2v) is 14.8. The van der Waals surface area contributed by atoms with Crippen molar-refractivity contribution in [2.45, 2.75) is 217 Å². The number of hydrogen-bond donors (Lipinski definition) is 7. The summed E-state index contributed by atoms with van der Waals surface area (Å²) < 4.78 is 11.1. The lowest BCUT2D eigenvalue weighted by Crippen LogP contribution is -2.60. The summed E-state index contributed by atoms with van der Waals surface area (Å²) >= 11 is 0. The van der Waals surface area contributed by atoms with Gasteiger partial charge in [0.1, 0.15) is 30.5 Å². The lowest BCUT2D eigenvalue weighted by molar-refractivity contribution is -0.302. The molecular weight excluding hydrogens is 650 g/mol. The molecule has 0 radical (unpaired) electrons. The van der Waals surface area contributed by atoms with Crippen molar-refractivity contribution < 1.29 is 44.9 Å². The van der Waals surface area contributed by atoms with Crippen LogP contribution in [-0.4, -0.2) is 98.7 Å². The Balaban J connectivity index is 2.59. The van der Waals surface area contributed by atoms with Gasteiger partial charge in [-0.2, -0.15) is 0 Å². The van der Waals surface area contributed by atoms with E-state index in [1.807, 2.05) is 6.08 Å². The summed E-state index contributed by atoms with van der Waals surface area (Å²) in [4.78, 5) is 13.0. The molecule has 0 spiro atoms. The van der Waals surface area contributed by atoms with E-state index in [4.69, 9.17) is 9.47 Å². The Labute approximate surface area is 310 Å². The van der Waals surface area contributed by atoms with Crippen molar-refractivity contribution in [3.8, 4) is 0 Å². The molecular formula is C41H77NO9. The van der Waals surface area contributed by atoms with Crippen molar-refractivity contribution in [3.05, 3.63) is 23.8 Å². The number of amides is 1. The van der Waals surface area contributed by atoms with Gasteiger partial charge in [0.05, 0.1) is 25.4 Å². The highest BCUT2D eigenvalue weighted by Crippen LogP contribution is 2.22. The smallest absolute Gasteiger partial charge is 0.249 e. The molecule has 0 aliphatic carbocycles. The molecule has 7 N–H and O–H groups in total. The van der Waals surface area contributed by atoms with E-state index in [-0.39, 0.29) is 6.61 Å². The average Bonchev–Trinajstić information content (AvgIpc) is 3.12. The van der Waals surface area contributed by atoms with E-state index in [0.29, 0.717) is 19.3 Å². The second-order valence-electron chi connectivity index (χ2n) is 14.8. The molecule has 51 heavy (non-hydrogen) atoms. The van der Waals surface area contributed by atoms with Gasteiger partial charge in [-0.1, -0.05) is 153 Å². The summed E-state index contributed by atoms with van der Waals surface area (Å²) in [5.74, 6) is -0.628. The summed E-state index contributed by atoms with van der Waals surface area (Å²) in [5, 5.41) is 64.5. The molecule has 10 nitrogen and oxygen atoms in total. The number of nitrogens with one attached hydrogen (secondary N) is 1. The van der Waals surface area contributed by atoms with Crippen LogP contribution >= 0.6 is 0 Å². The van der Waals surface area contributed by atoms with Gasteiger partial charge in [0.2, 0.25) is 5.91 Å². The van der Waals surface area contributed by atoms with Gasteiger partial charge in [-0.25, -0.2) is 0 Å². The molecule has 8 atom stereocenters. The van der Waals surface area contributed by atoms with Crippen LogP contribution in [0.2, 0.25) is 0 Å². The quantitative estimate of drug-likeness (QED) is 0.0301. The van der Waals surface area contributed by atoms with E-state index in [2.05, 4.69) is 32.2 Å². The van der Waals surface area contributed by atoms with Crippen molar-refractivity contribution >= 4 is 5.91 Å². The first-order valence-corrected chi connectivity index (χ1v) is 20.6. The summed E-state index contributed by atoms with van der Waals surface area (Å²) in [6, 6.07) is -0.993. The van der Waals surface area contributed by atoms with E-state index in [0.717, 1.165) is 32.1 Å². The van der Waals surface area contributed by atoms with Gasteiger partial charge in [0, 0.05) is 0 Å². The van der Waals surface area contributed by atoms with Crippen LogP contribution in [0.25, 0.3) is 0 Å². The normalized spacial score (nSPS) is 23.1. The fourth-order valence-electron chi connectivity index (χ4n) is 6.48. The van der Waals surface area contributed by atoms with Crippen molar-refractivity contribution in [2.75, 3.05) is 13.2 Å². The molecule has 1 aliphatic rings. The maximum Gasteiger partial charge on any atom is 0.249 e. The van der Waals surface area contributed by atoms with E-state index < -0.39 is 61.5 Å². The van der Waals surface area contributed by atoms with E-state index in [1.165, 1.54) is 102 Å². The minimum atomic E-state index is -1.61. The second kappa shape index (κ2) is 31.0. The van der Waals surface area contributed by atoms with Gasteiger partial charge in [0.15, 0.2) is 6.29 Å². The molecule has 1 saturated heterocycles. The van der Waals surface area contributed by atoms with E-state index in [1.54, 1.807) is 6.08 Å². The largest absolute Gasteiger partial charge is 0.394 e. The van der Waals surface area contributed by atoms with Crippen LogP contribution in [-0.2, 0) is 14.3 Å². The van der Waals surface area contributed by atoms with Crippen LogP contribution in [0.15, 0.2) is 23.8 Å². The Bertz CT molecular complexity index is 898. The number of unbranched alkanes of at least 4 members (excludes halogenated alkanes) is 18. The first kappa shape index (κ1) is 47.7. The minimum Gasteiger partial charge on any atom is -0.394 e. The fraction of sp³-hybridized carbons (Fsp3) is 0.878. The molecule has 1 fully saturated rings. The Morgan fingerprint density at radius 2 is 1.27 bits per heavy atom. The third-order valence-electron chi connectivity index (χ3n) is 10.00. The predicted octanol–water partition coefficient (Wildman–Crippen LogP) is 6.52. The van der Waals surface area contributed by atoms with E-state index in [9.17, 15) is 35.4 Å². The molecule has 0 unspecified atom stereocenters. The Morgan fingerprint density at radius 3 is 1.82 bits per heavy atom. The maximum atomic E-state index is 13.0. The van der Waals surface area contributed by atoms with Crippen molar-refractivity contribution in [2.24, 2.45) is 0 Å². The first-order valence-electron chi connectivity index (χ1n) is 20.6. The van der Waals surface area contributed by atoms with Crippen molar-refractivity contribution in [3.63, 3.8) is 0 Å². The van der Waals surface area contributed by atoms with Crippen molar-refractivity contribution in [1.82, 2.24) is 5.32 Å². The van der Waals surface area contributed by atoms with Gasteiger partial charge in [-0.05, 0) is 39.0 Å². The van der Waals surface area contributed by atoms with Crippen LogP contribution in [0, 0.1) is 0 Å². The van der Waals surface area contributed by atoms with Crippen LogP contribution < -0.4 is 5.32 Å². The van der Waals surface area contributed by atoms with E-state index >= 15 is 0 Å². The Hall–Kier alpha value is -1.37. The van der Waals surface area contributed by atoms with Crippen molar-refractivity contribution in [1.29, 1.82) is 0 Å². The predicted molar refractivity (Wildman–Crippen MR) is 204 cm³/mol. The molecule has 0 aromatic carbocycles. The Morgan fingerprint density at radius 1 is 0.745 bits per heavy atom. The molecule has 0 aromatic rings. The highest BCUT2D eigenvalue weighted by Gasteiger charge is 2.44. The summed E-state index contributed by atoms with van der Waals surface area (Å²) in [6.07, 6.45) is 22.0. The lowest BCUT2D eigenvalue weighted by atomic mass is 9.99. The third kappa shape index (κ3) is 22.4. The van der Waals surface area contributed by atoms with Gasteiger partial charge < -0.3 is 45.4 Å². The van der Waals surface area contributed by atoms with Gasteiger partial charge in [-0.3, -0.25) is 4.79 Å². The first-order chi connectivity index (χ1) is 24.7. The third-order valence-corrected chi connectivity index (χ3v) is 10.00. The number of aliphatic hydroxyl groups excluding tert-OH is 6. The maximum absolute atomic E-state index is 13.0. The molecule has 0 aromatic heterocycles. The number of aliphatic hydroxyl groups is 6. The molecule has 10 heteroatoms. The van der Waals surface area contributed by atoms with Gasteiger partial charge in [0.25, 0.3) is 0 Å². The zero-order valence-corrected chi connectivity index (χ0v) is 32.4. The van der Waals surface area contributed by atoms with Gasteiger partial charge >= 0.3 is 0 Å². The number of hydrogen-bond acceptors (Lipinski definition) is 9. The molecule has 1 aliphatic heterocycles. The number of ether oxygens (including phenoxy) is 2. The molecule has 0 bridgehead atoms. The number of rotatable bonds is 32. The zero-order valence-electron chi connectivity index (χ0n) is 32.4. The topological polar surface area (TPSA) is 169 Å². The van der Waals surface area contributed by atoms with Crippen LogP contribution in [0.4, 0.5) is 0 Å².